The normalized spacial score (nSPS) is 20.1. The maximum Gasteiger partial charge on any atom is 0.140 e. The molecule has 0 saturated heterocycles. The van der Waals surface area contributed by atoms with Crippen molar-refractivity contribution < 1.29 is 0 Å². The Hall–Kier alpha value is -1.31. The first-order valence-electron chi connectivity index (χ1n) is 6.92. The maximum absolute atomic E-state index is 4.83. The number of aromatic nitrogens is 2. The van der Waals surface area contributed by atoms with Crippen LogP contribution in [0.3, 0.4) is 0 Å². The quantitative estimate of drug-likeness (QED) is 0.687. The van der Waals surface area contributed by atoms with Gasteiger partial charge < -0.3 is 4.40 Å². The minimum absolute atomic E-state index is 0.395. The molecule has 18 heavy (non-hydrogen) atoms. The highest BCUT2D eigenvalue weighted by Crippen LogP contribution is 2.37. The molecule has 0 spiro atoms. The monoisotopic (exact) mass is 242 g/mol. The van der Waals surface area contributed by atoms with Crippen LogP contribution in [0.1, 0.15) is 44.1 Å². The van der Waals surface area contributed by atoms with Gasteiger partial charge >= 0.3 is 0 Å². The van der Waals surface area contributed by atoms with Crippen LogP contribution in [0, 0.1) is 18.3 Å². The highest BCUT2D eigenvalue weighted by atomic mass is 15.0. The van der Waals surface area contributed by atoms with E-state index in [1.54, 1.807) is 0 Å². The summed E-state index contributed by atoms with van der Waals surface area (Å²) in [5, 5.41) is 0. The first-order valence-corrected chi connectivity index (χ1v) is 6.92. The number of nitrogens with zero attached hydrogens (tertiary/aromatic N) is 2. The largest absolute Gasteiger partial charge is 0.304 e. The van der Waals surface area contributed by atoms with Gasteiger partial charge in [0.1, 0.15) is 5.65 Å². The average molecular weight is 242 g/mol. The van der Waals surface area contributed by atoms with Crippen LogP contribution in [0.25, 0.3) is 5.65 Å². The van der Waals surface area contributed by atoms with Crippen molar-refractivity contribution in [1.82, 2.24) is 9.38 Å². The molecule has 0 aliphatic heterocycles. The van der Waals surface area contributed by atoms with Crippen LogP contribution >= 0.6 is 0 Å². The van der Waals surface area contributed by atoms with Crippen LogP contribution in [0.5, 0.6) is 0 Å². The molecule has 2 aromatic rings. The van der Waals surface area contributed by atoms with Gasteiger partial charge in [0.05, 0.1) is 5.69 Å². The lowest BCUT2D eigenvalue weighted by molar-refractivity contribution is 0.213. The van der Waals surface area contributed by atoms with Gasteiger partial charge in [0.15, 0.2) is 0 Å². The summed E-state index contributed by atoms with van der Waals surface area (Å²) in [4.78, 5) is 4.83. The Balaban J connectivity index is 2.10. The fourth-order valence-electron chi connectivity index (χ4n) is 3.10. The summed E-state index contributed by atoms with van der Waals surface area (Å²) in [6, 6.07) is 4.28. The van der Waals surface area contributed by atoms with Crippen LogP contribution in [0.15, 0.2) is 18.3 Å². The molecule has 2 heterocycles. The van der Waals surface area contributed by atoms with Gasteiger partial charge in [0.25, 0.3) is 0 Å². The van der Waals surface area contributed by atoms with Crippen molar-refractivity contribution in [1.29, 1.82) is 0 Å². The van der Waals surface area contributed by atoms with Gasteiger partial charge in [-0.2, -0.15) is 0 Å². The zero-order valence-electron chi connectivity index (χ0n) is 11.8. The second-order valence-electron chi connectivity index (χ2n) is 6.70. The van der Waals surface area contributed by atoms with Crippen LogP contribution in [-0.2, 0) is 12.8 Å². The molecule has 2 aromatic heterocycles. The zero-order chi connectivity index (χ0) is 12.9. The molecular formula is C16H22N2. The summed E-state index contributed by atoms with van der Waals surface area (Å²) in [6.45, 7) is 9.22. The predicted molar refractivity (Wildman–Crippen MR) is 74.9 cm³/mol. The van der Waals surface area contributed by atoms with E-state index in [9.17, 15) is 0 Å². The van der Waals surface area contributed by atoms with E-state index in [4.69, 9.17) is 4.98 Å². The first kappa shape index (κ1) is 11.8. The van der Waals surface area contributed by atoms with Crippen LogP contribution in [0.4, 0.5) is 0 Å². The number of hydrogen-bond acceptors (Lipinski definition) is 1. The average Bonchev–Trinajstić information content (AvgIpc) is 2.67. The van der Waals surface area contributed by atoms with E-state index < -0.39 is 0 Å². The Kier molecular flexibility index (Phi) is 2.51. The summed E-state index contributed by atoms with van der Waals surface area (Å²) in [5.41, 5.74) is 5.59. The topological polar surface area (TPSA) is 17.3 Å². The van der Waals surface area contributed by atoms with Gasteiger partial charge in [-0.05, 0) is 49.1 Å². The molecule has 0 N–H and O–H groups in total. The van der Waals surface area contributed by atoms with Crippen molar-refractivity contribution in [2.24, 2.45) is 11.3 Å². The molecule has 2 heteroatoms. The van der Waals surface area contributed by atoms with E-state index in [0.717, 1.165) is 18.0 Å². The molecule has 0 amide bonds. The zero-order valence-corrected chi connectivity index (χ0v) is 11.8. The standard InChI is InChI=1S/C16H22N2/c1-11-6-5-9-18-14-10-12(16(2,3)4)7-8-13(14)17-15(11)18/h5-6,9,12H,7-8,10H2,1-4H3. The molecule has 3 rings (SSSR count). The fraction of sp³-hybridized carbons (Fsp3) is 0.562. The van der Waals surface area contributed by atoms with Gasteiger partial charge in [-0.3, -0.25) is 0 Å². The molecule has 96 valence electrons. The molecule has 0 saturated carbocycles. The van der Waals surface area contributed by atoms with E-state index in [-0.39, 0.29) is 0 Å². The molecule has 1 aliphatic rings. The van der Waals surface area contributed by atoms with E-state index >= 15 is 0 Å². The molecule has 1 atom stereocenters. The number of imidazole rings is 1. The highest BCUT2D eigenvalue weighted by Gasteiger charge is 2.31. The Labute approximate surface area is 109 Å². The molecule has 0 fully saturated rings. The summed E-state index contributed by atoms with van der Waals surface area (Å²) >= 11 is 0. The van der Waals surface area contributed by atoms with Crippen molar-refractivity contribution in [3.63, 3.8) is 0 Å². The minimum Gasteiger partial charge on any atom is -0.304 e. The number of rotatable bonds is 0. The molecule has 0 bridgehead atoms. The number of pyridine rings is 1. The molecule has 1 unspecified atom stereocenters. The lowest BCUT2D eigenvalue weighted by Crippen LogP contribution is -2.27. The third-order valence-electron chi connectivity index (χ3n) is 4.42. The van der Waals surface area contributed by atoms with Crippen LogP contribution in [-0.4, -0.2) is 9.38 Å². The lowest BCUT2D eigenvalue weighted by atomic mass is 9.73. The smallest absolute Gasteiger partial charge is 0.140 e. The van der Waals surface area contributed by atoms with E-state index in [1.165, 1.54) is 29.8 Å². The highest BCUT2D eigenvalue weighted by molar-refractivity contribution is 5.50. The van der Waals surface area contributed by atoms with Gasteiger partial charge in [-0.1, -0.05) is 26.8 Å². The van der Waals surface area contributed by atoms with Crippen molar-refractivity contribution in [2.45, 2.75) is 47.0 Å². The number of aryl methyl sites for hydroxylation is 2. The lowest BCUT2D eigenvalue weighted by Gasteiger charge is -2.33. The van der Waals surface area contributed by atoms with Crippen LogP contribution in [0.2, 0.25) is 0 Å². The van der Waals surface area contributed by atoms with Crippen molar-refractivity contribution in [3.05, 3.63) is 35.3 Å². The van der Waals surface area contributed by atoms with Crippen molar-refractivity contribution in [3.8, 4) is 0 Å². The predicted octanol–water partition coefficient (Wildman–Crippen LogP) is 3.79. The molecule has 0 aromatic carbocycles. The maximum atomic E-state index is 4.83. The van der Waals surface area contributed by atoms with Gasteiger partial charge in [-0.25, -0.2) is 4.98 Å². The first-order chi connectivity index (χ1) is 8.47. The summed E-state index contributed by atoms with van der Waals surface area (Å²) < 4.78 is 2.31. The van der Waals surface area contributed by atoms with Crippen molar-refractivity contribution >= 4 is 5.65 Å². The molecule has 1 aliphatic carbocycles. The van der Waals surface area contributed by atoms with Crippen LogP contribution < -0.4 is 0 Å². The summed E-state index contributed by atoms with van der Waals surface area (Å²) in [7, 11) is 0. The third-order valence-corrected chi connectivity index (χ3v) is 4.42. The third kappa shape index (κ3) is 1.75. The van der Waals surface area contributed by atoms with Gasteiger partial charge in [0, 0.05) is 11.9 Å². The number of hydrogen-bond donors (Lipinski definition) is 0. The van der Waals surface area contributed by atoms with Gasteiger partial charge in [-0.15, -0.1) is 0 Å². The Bertz CT molecular complexity index is 587. The molecule has 0 radical (unpaired) electrons. The van der Waals surface area contributed by atoms with Gasteiger partial charge in [0.2, 0.25) is 0 Å². The Morgan fingerprint density at radius 3 is 2.83 bits per heavy atom. The minimum atomic E-state index is 0.395. The Morgan fingerprint density at radius 2 is 2.11 bits per heavy atom. The SMILES string of the molecule is Cc1cccn2c3c(nc12)CCC(C(C)(C)C)C3. The number of fused-ring (bicyclic) bond motifs is 3. The Morgan fingerprint density at radius 1 is 1.33 bits per heavy atom. The second kappa shape index (κ2) is 3.84. The van der Waals surface area contributed by atoms with E-state index in [1.807, 2.05) is 0 Å². The summed E-state index contributed by atoms with van der Waals surface area (Å²) in [5.74, 6) is 0.769. The fourth-order valence-corrected chi connectivity index (χ4v) is 3.10. The summed E-state index contributed by atoms with van der Waals surface area (Å²) in [6.07, 6.45) is 5.75. The van der Waals surface area contributed by atoms with Crippen molar-refractivity contribution in [2.75, 3.05) is 0 Å². The second-order valence-corrected chi connectivity index (χ2v) is 6.70. The van der Waals surface area contributed by atoms with E-state index in [2.05, 4.69) is 50.4 Å². The molecule has 2 nitrogen and oxygen atoms in total. The molecular weight excluding hydrogens is 220 g/mol. The van der Waals surface area contributed by atoms with E-state index in [0.29, 0.717) is 5.41 Å².